The Morgan fingerprint density at radius 1 is 1.40 bits per heavy atom. The Morgan fingerprint density at radius 2 is 2.13 bits per heavy atom. The first-order chi connectivity index (χ1) is 7.07. The number of hydrogen-bond donors (Lipinski definition) is 1. The molecule has 1 spiro atoms. The van der Waals surface area contributed by atoms with Gasteiger partial charge in [0, 0.05) is 12.5 Å². The Kier molecular flexibility index (Phi) is 2.78. The van der Waals surface area contributed by atoms with Crippen LogP contribution in [0.15, 0.2) is 0 Å². The molecule has 1 saturated carbocycles. The van der Waals surface area contributed by atoms with Gasteiger partial charge in [0.2, 0.25) is 5.91 Å². The maximum atomic E-state index is 11.6. The molecule has 1 aliphatic carbocycles. The predicted octanol–water partition coefficient (Wildman–Crippen LogP) is 2.73. The molecule has 1 heterocycles. The lowest BCUT2D eigenvalue weighted by Crippen LogP contribution is -2.41. The minimum atomic E-state index is 0.281. The zero-order valence-electron chi connectivity index (χ0n) is 10.2. The normalized spacial score (nSPS) is 45.8. The highest BCUT2D eigenvalue weighted by Crippen LogP contribution is 2.49. The first-order valence-electron chi connectivity index (χ1n) is 6.37. The maximum absolute atomic E-state index is 11.6. The lowest BCUT2D eigenvalue weighted by molar-refractivity contribution is -0.120. The summed E-state index contributed by atoms with van der Waals surface area (Å²) in [7, 11) is 0. The van der Waals surface area contributed by atoms with E-state index in [-0.39, 0.29) is 5.91 Å². The fraction of sp³-hybridized carbons (Fsp3) is 0.923. The van der Waals surface area contributed by atoms with Crippen molar-refractivity contribution in [3.05, 3.63) is 0 Å². The molecule has 1 aliphatic heterocycles. The lowest BCUT2D eigenvalue weighted by atomic mass is 9.62. The molecule has 1 saturated heterocycles. The summed E-state index contributed by atoms with van der Waals surface area (Å²) in [6.45, 7) is 6.89. The van der Waals surface area contributed by atoms with E-state index in [9.17, 15) is 4.79 Å². The van der Waals surface area contributed by atoms with Gasteiger partial charge >= 0.3 is 0 Å². The Hall–Kier alpha value is -0.530. The van der Waals surface area contributed by atoms with Crippen molar-refractivity contribution in [1.29, 1.82) is 0 Å². The van der Waals surface area contributed by atoms with Gasteiger partial charge in [0.1, 0.15) is 0 Å². The molecule has 0 aromatic rings. The van der Waals surface area contributed by atoms with Gasteiger partial charge in [-0.2, -0.15) is 0 Å². The van der Waals surface area contributed by atoms with Crippen LogP contribution in [0.1, 0.15) is 52.9 Å². The number of carbonyl (C=O) groups is 1. The van der Waals surface area contributed by atoms with Crippen LogP contribution >= 0.6 is 0 Å². The second-order valence-corrected chi connectivity index (χ2v) is 5.76. The minimum Gasteiger partial charge on any atom is -0.353 e. The highest BCUT2D eigenvalue weighted by Gasteiger charge is 2.48. The third kappa shape index (κ3) is 1.79. The number of carbonyl (C=O) groups excluding carboxylic acids is 1. The van der Waals surface area contributed by atoms with Crippen LogP contribution in [-0.2, 0) is 4.79 Å². The van der Waals surface area contributed by atoms with Gasteiger partial charge in [0.25, 0.3) is 0 Å². The van der Waals surface area contributed by atoms with Crippen LogP contribution in [0.4, 0.5) is 0 Å². The molecule has 0 aromatic heterocycles. The molecule has 2 rings (SSSR count). The highest BCUT2D eigenvalue weighted by molar-refractivity contribution is 5.80. The molecule has 4 atom stereocenters. The smallest absolute Gasteiger partial charge is 0.220 e. The first-order valence-corrected chi connectivity index (χ1v) is 6.37. The van der Waals surface area contributed by atoms with Gasteiger partial charge < -0.3 is 5.32 Å². The van der Waals surface area contributed by atoms with Crippen molar-refractivity contribution in [3.8, 4) is 0 Å². The van der Waals surface area contributed by atoms with Crippen molar-refractivity contribution >= 4 is 5.91 Å². The van der Waals surface area contributed by atoms with Gasteiger partial charge in [-0.1, -0.05) is 20.8 Å². The first kappa shape index (κ1) is 11.0. The van der Waals surface area contributed by atoms with E-state index in [4.69, 9.17) is 0 Å². The van der Waals surface area contributed by atoms with Crippen molar-refractivity contribution in [2.24, 2.45) is 17.3 Å². The van der Waals surface area contributed by atoms with Gasteiger partial charge in [-0.3, -0.25) is 4.79 Å². The highest BCUT2D eigenvalue weighted by atomic mass is 16.2. The second-order valence-electron chi connectivity index (χ2n) is 5.76. The SMILES string of the molecule is CCC1NC(=O)CC12CCC(C)C(C)C2. The predicted molar refractivity (Wildman–Crippen MR) is 61.5 cm³/mol. The summed E-state index contributed by atoms with van der Waals surface area (Å²) in [5.41, 5.74) is 0.303. The second kappa shape index (κ2) is 3.80. The largest absolute Gasteiger partial charge is 0.353 e. The van der Waals surface area contributed by atoms with E-state index in [1.54, 1.807) is 0 Å². The van der Waals surface area contributed by atoms with Crippen molar-refractivity contribution in [2.45, 2.75) is 58.9 Å². The number of nitrogens with one attached hydrogen (secondary N) is 1. The molecule has 4 unspecified atom stereocenters. The zero-order valence-corrected chi connectivity index (χ0v) is 10.2. The Balaban J connectivity index is 2.15. The average molecular weight is 209 g/mol. The van der Waals surface area contributed by atoms with Crippen molar-refractivity contribution in [1.82, 2.24) is 5.32 Å². The maximum Gasteiger partial charge on any atom is 0.220 e. The summed E-state index contributed by atoms with van der Waals surface area (Å²) in [6, 6.07) is 0.444. The summed E-state index contributed by atoms with van der Waals surface area (Å²) in [4.78, 5) is 11.6. The Bertz CT molecular complexity index is 263. The van der Waals surface area contributed by atoms with Gasteiger partial charge in [-0.05, 0) is 42.9 Å². The fourth-order valence-corrected chi connectivity index (χ4v) is 3.60. The third-order valence-corrected chi connectivity index (χ3v) is 4.79. The van der Waals surface area contributed by atoms with E-state index in [0.717, 1.165) is 24.7 Å². The third-order valence-electron chi connectivity index (χ3n) is 4.79. The molecule has 1 N–H and O–H groups in total. The number of amides is 1. The van der Waals surface area contributed by atoms with E-state index in [2.05, 4.69) is 26.1 Å². The summed E-state index contributed by atoms with van der Waals surface area (Å²) < 4.78 is 0. The molecule has 2 aliphatic rings. The standard InChI is InChI=1S/C13H23NO/c1-4-11-13(8-12(15)14-11)6-5-9(2)10(3)7-13/h9-11H,4-8H2,1-3H3,(H,14,15). The molecule has 86 valence electrons. The van der Waals surface area contributed by atoms with E-state index < -0.39 is 0 Å². The summed E-state index contributed by atoms with van der Waals surface area (Å²) >= 11 is 0. The molecule has 2 fully saturated rings. The van der Waals surface area contributed by atoms with Crippen molar-refractivity contribution in [3.63, 3.8) is 0 Å². The summed E-state index contributed by atoms with van der Waals surface area (Å²) in [5.74, 6) is 1.90. The Morgan fingerprint density at radius 3 is 2.73 bits per heavy atom. The molecule has 0 radical (unpaired) electrons. The molecule has 0 bridgehead atoms. The van der Waals surface area contributed by atoms with Crippen molar-refractivity contribution < 1.29 is 4.79 Å². The van der Waals surface area contributed by atoms with Gasteiger partial charge in [-0.15, -0.1) is 0 Å². The van der Waals surface area contributed by atoms with Crippen LogP contribution in [0.25, 0.3) is 0 Å². The molecular formula is C13H23NO. The topological polar surface area (TPSA) is 29.1 Å². The van der Waals surface area contributed by atoms with E-state index in [1.165, 1.54) is 19.3 Å². The summed E-state index contributed by atoms with van der Waals surface area (Å²) in [5, 5.41) is 3.16. The summed E-state index contributed by atoms with van der Waals surface area (Å²) in [6.07, 6.45) is 5.66. The monoisotopic (exact) mass is 209 g/mol. The molecular weight excluding hydrogens is 186 g/mol. The lowest BCUT2D eigenvalue weighted by Gasteiger charge is -2.43. The molecule has 0 aromatic carbocycles. The van der Waals surface area contributed by atoms with Gasteiger partial charge in [0.15, 0.2) is 0 Å². The number of rotatable bonds is 1. The fourth-order valence-electron chi connectivity index (χ4n) is 3.60. The zero-order chi connectivity index (χ0) is 11.1. The molecule has 2 heteroatoms. The average Bonchev–Trinajstić information content (AvgIpc) is 2.49. The molecule has 15 heavy (non-hydrogen) atoms. The molecule has 2 nitrogen and oxygen atoms in total. The van der Waals surface area contributed by atoms with Crippen LogP contribution in [0.5, 0.6) is 0 Å². The molecule has 1 amide bonds. The quantitative estimate of drug-likeness (QED) is 0.707. The van der Waals surface area contributed by atoms with Gasteiger partial charge in [0.05, 0.1) is 0 Å². The van der Waals surface area contributed by atoms with Crippen LogP contribution in [0.3, 0.4) is 0 Å². The minimum absolute atomic E-state index is 0.281. The van der Waals surface area contributed by atoms with Crippen LogP contribution in [0, 0.1) is 17.3 Å². The number of hydrogen-bond acceptors (Lipinski definition) is 1. The Labute approximate surface area is 92.8 Å². The van der Waals surface area contributed by atoms with Gasteiger partial charge in [-0.25, -0.2) is 0 Å². The van der Waals surface area contributed by atoms with E-state index in [1.807, 2.05) is 0 Å². The van der Waals surface area contributed by atoms with Crippen LogP contribution < -0.4 is 5.32 Å². The van der Waals surface area contributed by atoms with Crippen molar-refractivity contribution in [2.75, 3.05) is 0 Å². The van der Waals surface area contributed by atoms with Crippen LogP contribution in [0.2, 0.25) is 0 Å². The van der Waals surface area contributed by atoms with Crippen LogP contribution in [-0.4, -0.2) is 11.9 Å². The van der Waals surface area contributed by atoms with E-state index in [0.29, 0.717) is 11.5 Å². The van der Waals surface area contributed by atoms with E-state index >= 15 is 0 Å².